The summed E-state index contributed by atoms with van der Waals surface area (Å²) in [6.07, 6.45) is 7.71. The minimum absolute atomic E-state index is 0.538. The van der Waals surface area contributed by atoms with E-state index in [2.05, 4.69) is 17.3 Å². The first-order valence-electron chi connectivity index (χ1n) is 6.88. The molecule has 0 aliphatic carbocycles. The van der Waals surface area contributed by atoms with Crippen molar-refractivity contribution < 1.29 is 4.74 Å². The smallest absolute Gasteiger partial charge is 0.0733 e. The fourth-order valence-electron chi connectivity index (χ4n) is 3.44. The van der Waals surface area contributed by atoms with Crippen LogP contribution in [-0.2, 0) is 4.74 Å². The van der Waals surface area contributed by atoms with Gasteiger partial charge >= 0.3 is 0 Å². The fourth-order valence-corrected chi connectivity index (χ4v) is 3.44. The van der Waals surface area contributed by atoms with Crippen LogP contribution in [0, 0.1) is 5.92 Å². The minimum atomic E-state index is 0.538. The molecule has 3 rings (SSSR count). The van der Waals surface area contributed by atoms with Crippen molar-refractivity contribution >= 4 is 0 Å². The molecule has 1 N–H and O–H groups in total. The molecule has 3 heterocycles. The van der Waals surface area contributed by atoms with Crippen molar-refractivity contribution in [2.75, 3.05) is 26.7 Å². The number of hydrogen-bond acceptors (Lipinski definition) is 3. The van der Waals surface area contributed by atoms with Gasteiger partial charge in [-0.1, -0.05) is 0 Å². The monoisotopic (exact) mass is 224 g/mol. The number of ether oxygens (including phenoxy) is 1. The highest BCUT2D eigenvalue weighted by Crippen LogP contribution is 2.34. The number of fused-ring (bicyclic) bond motifs is 2. The molecule has 16 heavy (non-hydrogen) atoms. The molecule has 3 saturated heterocycles. The second kappa shape index (κ2) is 4.63. The lowest BCUT2D eigenvalue weighted by Gasteiger charge is -2.30. The molecule has 0 spiro atoms. The zero-order chi connectivity index (χ0) is 11.0. The van der Waals surface area contributed by atoms with Gasteiger partial charge in [-0.05, 0) is 64.7 Å². The Balaban J connectivity index is 1.40. The fraction of sp³-hybridized carbons (Fsp3) is 1.00. The van der Waals surface area contributed by atoms with Crippen molar-refractivity contribution in [3.63, 3.8) is 0 Å². The van der Waals surface area contributed by atoms with Gasteiger partial charge in [0.2, 0.25) is 0 Å². The normalized spacial score (nSPS) is 40.7. The van der Waals surface area contributed by atoms with Crippen molar-refractivity contribution in [3.05, 3.63) is 0 Å². The van der Waals surface area contributed by atoms with Crippen LogP contribution in [0.1, 0.15) is 32.1 Å². The van der Waals surface area contributed by atoms with Gasteiger partial charge < -0.3 is 15.0 Å². The lowest BCUT2D eigenvalue weighted by atomic mass is 9.93. The average Bonchev–Trinajstić information content (AvgIpc) is 2.90. The summed E-state index contributed by atoms with van der Waals surface area (Å²) in [5, 5.41) is 3.75. The predicted octanol–water partition coefficient (Wildman–Crippen LogP) is 1.24. The van der Waals surface area contributed by atoms with Gasteiger partial charge in [-0.15, -0.1) is 0 Å². The SMILES string of the molecule is CN1CCC(CNC2CC3CCC2O3)CC1. The lowest BCUT2D eigenvalue weighted by molar-refractivity contribution is 0.0962. The molecule has 0 saturated carbocycles. The number of piperidine rings is 1. The molecular formula is C13H24N2O. The van der Waals surface area contributed by atoms with Crippen molar-refractivity contribution in [1.82, 2.24) is 10.2 Å². The molecule has 0 aromatic heterocycles. The maximum Gasteiger partial charge on any atom is 0.0733 e. The summed E-state index contributed by atoms with van der Waals surface area (Å²) in [7, 11) is 2.23. The molecule has 3 atom stereocenters. The lowest BCUT2D eigenvalue weighted by Crippen LogP contribution is -2.42. The first-order valence-corrected chi connectivity index (χ1v) is 6.88. The quantitative estimate of drug-likeness (QED) is 0.780. The van der Waals surface area contributed by atoms with Crippen LogP contribution < -0.4 is 5.32 Å². The average molecular weight is 224 g/mol. The van der Waals surface area contributed by atoms with Gasteiger partial charge in [0.15, 0.2) is 0 Å². The van der Waals surface area contributed by atoms with Gasteiger partial charge in [-0.3, -0.25) is 0 Å². The van der Waals surface area contributed by atoms with Gasteiger partial charge in [0.05, 0.1) is 12.2 Å². The van der Waals surface area contributed by atoms with Crippen molar-refractivity contribution in [2.45, 2.75) is 50.4 Å². The van der Waals surface area contributed by atoms with Crippen LogP contribution in [0.15, 0.2) is 0 Å². The second-order valence-electron chi connectivity index (χ2n) is 5.87. The molecule has 3 heteroatoms. The van der Waals surface area contributed by atoms with Gasteiger partial charge in [-0.25, -0.2) is 0 Å². The molecule has 0 aromatic carbocycles. The first kappa shape index (κ1) is 11.0. The van der Waals surface area contributed by atoms with E-state index < -0.39 is 0 Å². The van der Waals surface area contributed by atoms with E-state index in [1.165, 1.54) is 51.7 Å². The highest BCUT2D eigenvalue weighted by Gasteiger charge is 2.40. The van der Waals surface area contributed by atoms with Crippen LogP contribution in [0.2, 0.25) is 0 Å². The highest BCUT2D eigenvalue weighted by molar-refractivity contribution is 4.94. The first-order chi connectivity index (χ1) is 7.81. The number of nitrogens with zero attached hydrogens (tertiary/aromatic N) is 1. The Morgan fingerprint density at radius 3 is 2.62 bits per heavy atom. The topological polar surface area (TPSA) is 24.5 Å². The molecule has 0 aromatic rings. The summed E-state index contributed by atoms with van der Waals surface area (Å²) in [5.41, 5.74) is 0. The maximum absolute atomic E-state index is 5.87. The van der Waals surface area contributed by atoms with E-state index in [-0.39, 0.29) is 0 Å². The molecule has 3 unspecified atom stereocenters. The Bertz CT molecular complexity index is 238. The third-order valence-electron chi connectivity index (χ3n) is 4.61. The summed E-state index contributed by atoms with van der Waals surface area (Å²) in [4.78, 5) is 2.44. The van der Waals surface area contributed by atoms with E-state index in [0.29, 0.717) is 18.2 Å². The second-order valence-corrected chi connectivity index (χ2v) is 5.87. The molecule has 3 aliphatic rings. The van der Waals surface area contributed by atoms with Crippen LogP contribution in [0.4, 0.5) is 0 Å². The predicted molar refractivity (Wildman–Crippen MR) is 64.5 cm³/mol. The van der Waals surface area contributed by atoms with Crippen LogP contribution in [-0.4, -0.2) is 49.8 Å². The van der Waals surface area contributed by atoms with Crippen LogP contribution in [0.5, 0.6) is 0 Å². The standard InChI is InChI=1S/C13H24N2O/c1-15-6-4-10(5-7-15)9-14-12-8-11-2-3-13(12)16-11/h10-14H,2-9H2,1H3. The third kappa shape index (κ3) is 2.27. The van der Waals surface area contributed by atoms with Gasteiger partial charge in [-0.2, -0.15) is 0 Å². The van der Waals surface area contributed by atoms with Crippen LogP contribution >= 0.6 is 0 Å². The highest BCUT2D eigenvalue weighted by atomic mass is 16.5. The van der Waals surface area contributed by atoms with Crippen LogP contribution in [0.3, 0.4) is 0 Å². The Morgan fingerprint density at radius 2 is 2.00 bits per heavy atom. The molecule has 2 bridgehead atoms. The molecular weight excluding hydrogens is 200 g/mol. The van der Waals surface area contributed by atoms with Gasteiger partial charge in [0.1, 0.15) is 0 Å². The molecule has 3 fully saturated rings. The number of rotatable bonds is 3. The summed E-state index contributed by atoms with van der Waals surface area (Å²) in [6, 6.07) is 0.665. The summed E-state index contributed by atoms with van der Waals surface area (Å²) in [5.74, 6) is 0.898. The van der Waals surface area contributed by atoms with Crippen molar-refractivity contribution in [2.24, 2.45) is 5.92 Å². The maximum atomic E-state index is 5.87. The van der Waals surface area contributed by atoms with E-state index in [0.717, 1.165) is 5.92 Å². The zero-order valence-corrected chi connectivity index (χ0v) is 10.3. The largest absolute Gasteiger partial charge is 0.373 e. The summed E-state index contributed by atoms with van der Waals surface area (Å²) >= 11 is 0. The summed E-state index contributed by atoms with van der Waals surface area (Å²) in [6.45, 7) is 3.77. The van der Waals surface area contributed by atoms with Gasteiger partial charge in [0.25, 0.3) is 0 Å². The van der Waals surface area contributed by atoms with E-state index in [4.69, 9.17) is 4.74 Å². The van der Waals surface area contributed by atoms with E-state index in [9.17, 15) is 0 Å². The third-order valence-corrected chi connectivity index (χ3v) is 4.61. The zero-order valence-electron chi connectivity index (χ0n) is 10.3. The molecule has 92 valence electrons. The molecule has 3 aliphatic heterocycles. The molecule has 0 amide bonds. The van der Waals surface area contributed by atoms with Crippen molar-refractivity contribution in [1.29, 1.82) is 0 Å². The minimum Gasteiger partial charge on any atom is -0.373 e. The van der Waals surface area contributed by atoms with E-state index in [1.54, 1.807) is 0 Å². The number of nitrogens with one attached hydrogen (secondary N) is 1. The van der Waals surface area contributed by atoms with Gasteiger partial charge in [0, 0.05) is 6.04 Å². The van der Waals surface area contributed by atoms with Crippen molar-refractivity contribution in [3.8, 4) is 0 Å². The number of hydrogen-bond donors (Lipinski definition) is 1. The molecule has 0 radical (unpaired) electrons. The Hall–Kier alpha value is -0.120. The van der Waals surface area contributed by atoms with E-state index >= 15 is 0 Å². The number of likely N-dealkylation sites (tertiary alicyclic amines) is 1. The Kier molecular flexibility index (Phi) is 3.18. The van der Waals surface area contributed by atoms with E-state index in [1.807, 2.05) is 0 Å². The van der Waals surface area contributed by atoms with Crippen LogP contribution in [0.25, 0.3) is 0 Å². The Morgan fingerprint density at radius 1 is 1.19 bits per heavy atom. The Labute approximate surface area is 98.5 Å². The molecule has 3 nitrogen and oxygen atoms in total. The summed E-state index contributed by atoms with van der Waals surface area (Å²) < 4.78 is 5.87.